The van der Waals surface area contributed by atoms with Crippen molar-refractivity contribution in [1.29, 1.82) is 0 Å². The van der Waals surface area contributed by atoms with Gasteiger partial charge in [0.05, 0.1) is 5.02 Å². The van der Waals surface area contributed by atoms with Gasteiger partial charge >= 0.3 is 0 Å². The Balaban J connectivity index is 2.82. The highest BCUT2D eigenvalue weighted by atomic mass is 35.5. The maximum Gasteiger partial charge on any atom is 0.0517 e. The molecule has 1 heterocycles. The number of H-pyrrole nitrogens is 1. The molecule has 1 aromatic carbocycles. The molecule has 1 radical (unpaired) electrons. The van der Waals surface area contributed by atoms with Crippen molar-refractivity contribution < 1.29 is 0 Å². The molecule has 0 unspecified atom stereocenters. The Kier molecular flexibility index (Phi) is 2.22. The molecule has 0 spiro atoms. The molecule has 2 aromatic rings. The number of benzene rings is 1. The standard InChI is InChI=1S/C10H8Cl2N/c1-2-6-5-13-9-4-7(11)3-8(12)10(6)9/h3-5,13H,1-2H2. The Bertz CT molecular complexity index is 445. The van der Waals surface area contributed by atoms with Crippen molar-refractivity contribution >= 4 is 34.1 Å². The third kappa shape index (κ3) is 1.43. The minimum atomic E-state index is 0.648. The molecule has 2 rings (SSSR count). The summed E-state index contributed by atoms with van der Waals surface area (Å²) in [5, 5.41) is 2.36. The van der Waals surface area contributed by atoms with Crippen LogP contribution in [0.25, 0.3) is 10.9 Å². The summed E-state index contributed by atoms with van der Waals surface area (Å²) in [5.74, 6) is 0. The summed E-state index contributed by atoms with van der Waals surface area (Å²) in [4.78, 5) is 3.11. The van der Waals surface area contributed by atoms with Crippen LogP contribution in [-0.2, 0) is 6.42 Å². The van der Waals surface area contributed by atoms with E-state index < -0.39 is 0 Å². The summed E-state index contributed by atoms with van der Waals surface area (Å²) < 4.78 is 0. The summed E-state index contributed by atoms with van der Waals surface area (Å²) in [6, 6.07) is 3.61. The highest BCUT2D eigenvalue weighted by Gasteiger charge is 2.06. The Morgan fingerprint density at radius 3 is 2.77 bits per heavy atom. The number of aromatic amines is 1. The molecule has 0 fully saturated rings. The van der Waals surface area contributed by atoms with Gasteiger partial charge in [0.1, 0.15) is 0 Å². The van der Waals surface area contributed by atoms with Gasteiger partial charge in [-0.2, -0.15) is 0 Å². The number of aromatic nitrogens is 1. The molecular formula is C10H8Cl2N. The van der Waals surface area contributed by atoms with Crippen LogP contribution in [0.5, 0.6) is 0 Å². The molecule has 1 nitrogen and oxygen atoms in total. The number of hydrogen-bond donors (Lipinski definition) is 1. The van der Waals surface area contributed by atoms with Crippen molar-refractivity contribution in [2.75, 3.05) is 0 Å². The van der Waals surface area contributed by atoms with Gasteiger partial charge in [-0.3, -0.25) is 0 Å². The summed E-state index contributed by atoms with van der Waals surface area (Å²) in [6.07, 6.45) is 2.64. The van der Waals surface area contributed by atoms with E-state index in [1.54, 1.807) is 6.07 Å². The van der Waals surface area contributed by atoms with Crippen LogP contribution in [0.15, 0.2) is 18.3 Å². The van der Waals surface area contributed by atoms with E-state index in [9.17, 15) is 0 Å². The second-order valence-electron chi connectivity index (χ2n) is 2.87. The van der Waals surface area contributed by atoms with Gasteiger partial charge in [-0.15, -0.1) is 0 Å². The van der Waals surface area contributed by atoms with Gasteiger partial charge in [-0.05, 0) is 31.0 Å². The van der Waals surface area contributed by atoms with Crippen LogP contribution in [0.2, 0.25) is 10.0 Å². The molecule has 0 aliphatic carbocycles. The number of fused-ring (bicyclic) bond motifs is 1. The van der Waals surface area contributed by atoms with Crippen LogP contribution in [0.3, 0.4) is 0 Å². The van der Waals surface area contributed by atoms with E-state index in [1.165, 1.54) is 0 Å². The van der Waals surface area contributed by atoms with Crippen LogP contribution in [-0.4, -0.2) is 4.98 Å². The molecule has 0 saturated carbocycles. The molecule has 0 atom stereocenters. The lowest BCUT2D eigenvalue weighted by Crippen LogP contribution is -1.77. The maximum atomic E-state index is 6.06. The number of rotatable bonds is 1. The van der Waals surface area contributed by atoms with Gasteiger partial charge in [-0.1, -0.05) is 23.2 Å². The first kappa shape index (κ1) is 8.92. The molecular weight excluding hydrogens is 205 g/mol. The highest BCUT2D eigenvalue weighted by molar-refractivity contribution is 6.38. The third-order valence-corrected chi connectivity index (χ3v) is 2.56. The predicted octanol–water partition coefficient (Wildman–Crippen LogP) is 3.85. The van der Waals surface area contributed by atoms with Gasteiger partial charge in [0.15, 0.2) is 0 Å². The van der Waals surface area contributed by atoms with Crippen molar-refractivity contribution in [3.8, 4) is 0 Å². The first-order valence-electron chi connectivity index (χ1n) is 3.96. The van der Waals surface area contributed by atoms with Gasteiger partial charge in [-0.25, -0.2) is 0 Å². The lowest BCUT2D eigenvalue weighted by molar-refractivity contribution is 1.29. The normalized spacial score (nSPS) is 11.0. The van der Waals surface area contributed by atoms with E-state index in [2.05, 4.69) is 11.9 Å². The zero-order valence-electron chi connectivity index (χ0n) is 6.90. The van der Waals surface area contributed by atoms with Gasteiger partial charge < -0.3 is 4.98 Å². The molecule has 1 N–H and O–H groups in total. The number of nitrogens with one attached hydrogen (secondary N) is 1. The molecule has 0 bridgehead atoms. The Labute approximate surface area is 86.7 Å². The number of hydrogen-bond acceptors (Lipinski definition) is 0. The Morgan fingerprint density at radius 2 is 2.08 bits per heavy atom. The minimum Gasteiger partial charge on any atom is -0.361 e. The molecule has 1 aromatic heterocycles. The Hall–Kier alpha value is -0.660. The van der Waals surface area contributed by atoms with Crippen LogP contribution in [0.1, 0.15) is 5.56 Å². The van der Waals surface area contributed by atoms with E-state index in [-0.39, 0.29) is 0 Å². The molecule has 13 heavy (non-hydrogen) atoms. The molecule has 0 aliphatic heterocycles. The molecule has 0 saturated heterocycles. The van der Waals surface area contributed by atoms with E-state index >= 15 is 0 Å². The van der Waals surface area contributed by atoms with Crippen molar-refractivity contribution in [3.63, 3.8) is 0 Å². The van der Waals surface area contributed by atoms with Crippen molar-refractivity contribution in [2.45, 2.75) is 6.42 Å². The second kappa shape index (κ2) is 3.24. The number of halogens is 2. The largest absolute Gasteiger partial charge is 0.361 e. The average molecular weight is 213 g/mol. The van der Waals surface area contributed by atoms with E-state index in [0.29, 0.717) is 10.0 Å². The predicted molar refractivity (Wildman–Crippen MR) is 57.4 cm³/mol. The molecule has 67 valence electrons. The second-order valence-corrected chi connectivity index (χ2v) is 3.72. The van der Waals surface area contributed by atoms with Crippen LogP contribution < -0.4 is 0 Å². The Morgan fingerprint density at radius 1 is 1.31 bits per heavy atom. The zero-order chi connectivity index (χ0) is 9.42. The first-order chi connectivity index (χ1) is 6.22. The molecule has 0 amide bonds. The third-order valence-electron chi connectivity index (χ3n) is 2.05. The van der Waals surface area contributed by atoms with Crippen molar-refractivity contribution in [1.82, 2.24) is 4.98 Å². The van der Waals surface area contributed by atoms with Gasteiger partial charge in [0, 0.05) is 22.1 Å². The van der Waals surface area contributed by atoms with Gasteiger partial charge in [0.2, 0.25) is 0 Å². The van der Waals surface area contributed by atoms with E-state index in [4.69, 9.17) is 23.2 Å². The fourth-order valence-electron chi connectivity index (χ4n) is 1.45. The lowest BCUT2D eigenvalue weighted by Gasteiger charge is -1.98. The van der Waals surface area contributed by atoms with Crippen LogP contribution in [0, 0.1) is 6.92 Å². The lowest BCUT2D eigenvalue weighted by atomic mass is 10.1. The van der Waals surface area contributed by atoms with Gasteiger partial charge in [0.25, 0.3) is 0 Å². The average Bonchev–Trinajstić information content (AvgIpc) is 2.47. The fraction of sp³-hybridized carbons (Fsp3) is 0.100. The summed E-state index contributed by atoms with van der Waals surface area (Å²) in [7, 11) is 0. The van der Waals surface area contributed by atoms with E-state index in [1.807, 2.05) is 12.3 Å². The molecule has 0 aliphatic rings. The van der Waals surface area contributed by atoms with Crippen LogP contribution >= 0.6 is 23.2 Å². The highest BCUT2D eigenvalue weighted by Crippen LogP contribution is 2.30. The van der Waals surface area contributed by atoms with Crippen LogP contribution in [0.4, 0.5) is 0 Å². The van der Waals surface area contributed by atoms with Crippen molar-refractivity contribution in [3.05, 3.63) is 40.9 Å². The quantitative estimate of drug-likeness (QED) is 0.740. The maximum absolute atomic E-state index is 6.06. The topological polar surface area (TPSA) is 15.8 Å². The minimum absolute atomic E-state index is 0.648. The first-order valence-corrected chi connectivity index (χ1v) is 4.72. The monoisotopic (exact) mass is 212 g/mol. The fourth-order valence-corrected chi connectivity index (χ4v) is 2.06. The SMILES string of the molecule is [CH2]Cc1c[nH]c2cc(Cl)cc(Cl)c12. The summed E-state index contributed by atoms with van der Waals surface area (Å²) in [6.45, 7) is 3.83. The van der Waals surface area contributed by atoms with E-state index in [0.717, 1.165) is 22.9 Å². The molecule has 3 heteroatoms. The van der Waals surface area contributed by atoms with Crippen molar-refractivity contribution in [2.24, 2.45) is 0 Å². The zero-order valence-corrected chi connectivity index (χ0v) is 8.41. The summed E-state index contributed by atoms with van der Waals surface area (Å²) >= 11 is 11.9. The summed E-state index contributed by atoms with van der Waals surface area (Å²) in [5.41, 5.74) is 2.09. The smallest absolute Gasteiger partial charge is 0.0517 e.